The molecule has 1 fully saturated rings. The molecule has 1 aliphatic rings. The predicted octanol–water partition coefficient (Wildman–Crippen LogP) is 3.71. The van der Waals surface area contributed by atoms with Crippen molar-refractivity contribution in [2.75, 3.05) is 13.1 Å². The van der Waals surface area contributed by atoms with Crippen LogP contribution in [0.1, 0.15) is 49.0 Å². The molecule has 28 heavy (non-hydrogen) atoms. The van der Waals surface area contributed by atoms with Crippen LogP contribution < -0.4 is 0 Å². The van der Waals surface area contributed by atoms with Gasteiger partial charge in [0.05, 0.1) is 17.9 Å². The summed E-state index contributed by atoms with van der Waals surface area (Å²) in [5.41, 5.74) is 3.12. The van der Waals surface area contributed by atoms with E-state index in [4.69, 9.17) is 5.11 Å². The lowest BCUT2D eigenvalue weighted by molar-refractivity contribution is -0.124. The fraction of sp³-hybridized carbons (Fsp3) is 0.435. The minimum absolute atomic E-state index is 0.0116. The van der Waals surface area contributed by atoms with E-state index in [0.717, 1.165) is 29.7 Å². The van der Waals surface area contributed by atoms with Crippen molar-refractivity contribution >= 4 is 11.7 Å². The molecule has 0 spiro atoms. The lowest BCUT2D eigenvalue weighted by Gasteiger charge is -2.32. The summed E-state index contributed by atoms with van der Waals surface area (Å²) in [5.74, 6) is 0.517. The second-order valence-electron chi connectivity index (χ2n) is 7.94. The number of aromatic nitrogens is 1. The Kier molecular flexibility index (Phi) is 6.57. The van der Waals surface area contributed by atoms with Crippen molar-refractivity contribution in [3.8, 4) is 11.3 Å². The summed E-state index contributed by atoms with van der Waals surface area (Å²) in [7, 11) is 0. The lowest BCUT2D eigenvalue weighted by Crippen LogP contribution is -2.42. The summed E-state index contributed by atoms with van der Waals surface area (Å²) in [5, 5.41) is 9.14. The molecule has 1 N–H and O–H groups in total. The van der Waals surface area contributed by atoms with Crippen molar-refractivity contribution < 1.29 is 14.7 Å². The summed E-state index contributed by atoms with van der Waals surface area (Å²) in [6, 6.07) is 11.2. The van der Waals surface area contributed by atoms with Crippen molar-refractivity contribution in [3.05, 3.63) is 53.7 Å². The average molecular weight is 380 g/mol. The molecule has 1 aromatic heterocycles. The van der Waals surface area contributed by atoms with Gasteiger partial charge < -0.3 is 10.0 Å². The van der Waals surface area contributed by atoms with Gasteiger partial charge in [0.15, 0.2) is 0 Å². The van der Waals surface area contributed by atoms with Crippen LogP contribution in [0.4, 0.5) is 0 Å². The molecule has 5 heteroatoms. The van der Waals surface area contributed by atoms with Gasteiger partial charge in [-0.3, -0.25) is 14.6 Å². The zero-order chi connectivity index (χ0) is 20.1. The second-order valence-corrected chi connectivity index (χ2v) is 7.94. The highest BCUT2D eigenvalue weighted by molar-refractivity contribution is 5.94. The molecule has 1 saturated heterocycles. The van der Waals surface area contributed by atoms with Crippen molar-refractivity contribution in [2.45, 2.75) is 39.7 Å². The summed E-state index contributed by atoms with van der Waals surface area (Å²) in [6.07, 6.45) is 3.93. The van der Waals surface area contributed by atoms with E-state index in [9.17, 15) is 9.59 Å². The monoisotopic (exact) mass is 380 g/mol. The number of ketones is 1. The van der Waals surface area contributed by atoms with Gasteiger partial charge in [-0.05, 0) is 36.5 Å². The maximum Gasteiger partial charge on any atom is 0.255 e. The van der Waals surface area contributed by atoms with Crippen LogP contribution >= 0.6 is 0 Å². The molecule has 1 aromatic carbocycles. The highest BCUT2D eigenvalue weighted by Gasteiger charge is 2.29. The summed E-state index contributed by atoms with van der Waals surface area (Å²) < 4.78 is 0. The number of benzene rings is 1. The minimum Gasteiger partial charge on any atom is -0.392 e. The van der Waals surface area contributed by atoms with Crippen molar-refractivity contribution in [3.63, 3.8) is 0 Å². The van der Waals surface area contributed by atoms with Crippen molar-refractivity contribution in [1.29, 1.82) is 0 Å². The van der Waals surface area contributed by atoms with Crippen LogP contribution in [0.3, 0.4) is 0 Å². The molecule has 3 rings (SSSR count). The largest absolute Gasteiger partial charge is 0.392 e. The van der Waals surface area contributed by atoms with E-state index in [1.165, 1.54) is 0 Å². The van der Waals surface area contributed by atoms with Gasteiger partial charge in [-0.2, -0.15) is 0 Å². The van der Waals surface area contributed by atoms with Crippen molar-refractivity contribution in [2.24, 2.45) is 11.8 Å². The first-order valence-electron chi connectivity index (χ1n) is 9.96. The number of nitrogens with zero attached hydrogens (tertiary/aromatic N) is 2. The van der Waals surface area contributed by atoms with Gasteiger partial charge in [0, 0.05) is 37.2 Å². The number of amides is 1. The summed E-state index contributed by atoms with van der Waals surface area (Å²) in [4.78, 5) is 31.5. The fourth-order valence-corrected chi connectivity index (χ4v) is 3.65. The number of aliphatic hydroxyl groups excluding tert-OH is 1. The molecule has 1 amide bonds. The summed E-state index contributed by atoms with van der Waals surface area (Å²) in [6.45, 7) is 5.31. The van der Waals surface area contributed by atoms with E-state index in [0.29, 0.717) is 31.0 Å². The smallest absolute Gasteiger partial charge is 0.255 e. The number of likely N-dealkylation sites (tertiary alicyclic amines) is 1. The van der Waals surface area contributed by atoms with Gasteiger partial charge in [0.1, 0.15) is 5.78 Å². The number of carbonyl (C=O) groups excluding carboxylic acids is 2. The normalized spacial score (nSPS) is 17.0. The molecule has 2 heterocycles. The Balaban J connectivity index is 1.67. The van der Waals surface area contributed by atoms with Gasteiger partial charge in [0.25, 0.3) is 5.91 Å². The molecule has 0 aliphatic carbocycles. The highest BCUT2D eigenvalue weighted by Crippen LogP contribution is 2.23. The van der Waals surface area contributed by atoms with Crippen LogP contribution in [0.2, 0.25) is 0 Å². The van der Waals surface area contributed by atoms with Crippen molar-refractivity contribution in [1.82, 2.24) is 9.88 Å². The van der Waals surface area contributed by atoms with Crippen LogP contribution in [0.5, 0.6) is 0 Å². The summed E-state index contributed by atoms with van der Waals surface area (Å²) >= 11 is 0. The number of piperidine rings is 1. The fourth-order valence-electron chi connectivity index (χ4n) is 3.65. The first-order chi connectivity index (χ1) is 13.5. The Morgan fingerprint density at radius 3 is 2.54 bits per heavy atom. The Morgan fingerprint density at radius 1 is 1.18 bits per heavy atom. The topological polar surface area (TPSA) is 70.5 Å². The molecular weight excluding hydrogens is 352 g/mol. The van der Waals surface area contributed by atoms with E-state index in [1.807, 2.05) is 44.2 Å². The van der Waals surface area contributed by atoms with Gasteiger partial charge in [-0.25, -0.2) is 0 Å². The molecule has 1 aliphatic heterocycles. The van der Waals surface area contributed by atoms with Gasteiger partial charge in [-0.1, -0.05) is 38.1 Å². The maximum atomic E-state index is 12.9. The molecule has 148 valence electrons. The number of Topliss-reactive ketones (excluding diaryl/α,β-unsaturated/α-hetero) is 1. The molecular formula is C23H28N2O3. The molecule has 1 atom stereocenters. The molecule has 0 radical (unpaired) electrons. The third kappa shape index (κ3) is 4.84. The minimum atomic E-state index is -0.0586. The van der Waals surface area contributed by atoms with Crippen LogP contribution in [-0.4, -0.2) is 39.8 Å². The number of hydrogen-bond donors (Lipinski definition) is 1. The van der Waals surface area contributed by atoms with Crippen LogP contribution in [0.25, 0.3) is 11.3 Å². The number of hydrogen-bond acceptors (Lipinski definition) is 4. The number of carbonyl (C=O) groups is 2. The lowest BCUT2D eigenvalue weighted by atomic mass is 9.89. The molecule has 0 unspecified atom stereocenters. The highest BCUT2D eigenvalue weighted by atomic mass is 16.3. The van der Waals surface area contributed by atoms with Gasteiger partial charge >= 0.3 is 0 Å². The number of rotatable bonds is 6. The second kappa shape index (κ2) is 9.11. The Labute approximate surface area is 166 Å². The Morgan fingerprint density at radius 2 is 1.93 bits per heavy atom. The predicted molar refractivity (Wildman–Crippen MR) is 109 cm³/mol. The first kappa shape index (κ1) is 20.2. The zero-order valence-corrected chi connectivity index (χ0v) is 16.6. The Bertz CT molecular complexity index is 813. The third-order valence-electron chi connectivity index (χ3n) is 5.22. The molecule has 5 nitrogen and oxygen atoms in total. The van der Waals surface area contributed by atoms with Gasteiger partial charge in [0.2, 0.25) is 0 Å². The maximum absolute atomic E-state index is 12.9. The zero-order valence-electron chi connectivity index (χ0n) is 16.6. The average Bonchev–Trinajstić information content (AvgIpc) is 2.73. The van der Waals surface area contributed by atoms with Crippen LogP contribution in [0.15, 0.2) is 42.6 Å². The first-order valence-corrected chi connectivity index (χ1v) is 9.96. The van der Waals surface area contributed by atoms with E-state index in [1.54, 1.807) is 17.2 Å². The molecule has 2 aromatic rings. The van der Waals surface area contributed by atoms with Crippen LogP contribution in [-0.2, 0) is 11.4 Å². The van der Waals surface area contributed by atoms with E-state index < -0.39 is 0 Å². The SMILES string of the molecule is CC(C)CC(=O)[C@H]1CCCN(C(=O)c2ccc(-c3ccc(CO)cc3)nc2)C1. The van der Waals surface area contributed by atoms with E-state index >= 15 is 0 Å². The van der Waals surface area contributed by atoms with E-state index in [-0.39, 0.29) is 24.2 Å². The van der Waals surface area contributed by atoms with Gasteiger partial charge in [-0.15, -0.1) is 0 Å². The standard InChI is InChI=1S/C23H28N2O3/c1-16(2)12-22(27)20-4-3-11-25(14-20)23(28)19-9-10-21(24-13-19)18-7-5-17(15-26)6-8-18/h5-10,13,16,20,26H,3-4,11-12,14-15H2,1-2H3/t20-/m0/s1. The molecule has 0 bridgehead atoms. The van der Waals surface area contributed by atoms with Crippen LogP contribution in [0, 0.1) is 11.8 Å². The number of aliphatic hydroxyl groups is 1. The quantitative estimate of drug-likeness (QED) is 0.829. The van der Waals surface area contributed by atoms with E-state index in [2.05, 4.69) is 4.98 Å². The number of pyridine rings is 1. The Hall–Kier alpha value is -2.53. The third-order valence-corrected chi connectivity index (χ3v) is 5.22. The molecule has 0 saturated carbocycles.